The van der Waals surface area contributed by atoms with E-state index in [1.807, 2.05) is 13.8 Å². The van der Waals surface area contributed by atoms with Crippen LogP contribution in [0.4, 0.5) is 0 Å². The number of carbonyl (C=O) groups is 2. The van der Waals surface area contributed by atoms with Gasteiger partial charge in [-0.3, -0.25) is 9.59 Å². The van der Waals surface area contributed by atoms with Gasteiger partial charge in [-0.2, -0.15) is 0 Å². The van der Waals surface area contributed by atoms with Crippen LogP contribution >= 0.6 is 0 Å². The number of hydrogen-bond donors (Lipinski definition) is 2. The van der Waals surface area contributed by atoms with Gasteiger partial charge in [0.2, 0.25) is 5.91 Å². The lowest BCUT2D eigenvalue weighted by atomic mass is 10.0. The van der Waals surface area contributed by atoms with E-state index in [9.17, 15) is 9.59 Å². The topological polar surface area (TPSA) is 66.4 Å². The molecule has 2 N–H and O–H groups in total. The monoisotopic (exact) mass is 335 g/mol. The summed E-state index contributed by atoms with van der Waals surface area (Å²) in [5.41, 5.74) is 2.51. The molecule has 0 saturated heterocycles. The van der Waals surface area contributed by atoms with E-state index in [4.69, 9.17) is 5.11 Å². The molecule has 1 atom stereocenters. The fraction of sp³-hybridized carbons (Fsp3) is 0.600. The Morgan fingerprint density at radius 3 is 2.29 bits per heavy atom. The minimum atomic E-state index is -0.750. The first-order valence-corrected chi connectivity index (χ1v) is 9.04. The number of carboxylic acid groups (broad SMARTS) is 1. The van der Waals surface area contributed by atoms with Crippen LogP contribution < -0.4 is 5.32 Å². The van der Waals surface area contributed by atoms with Gasteiger partial charge in [-0.25, -0.2) is 0 Å². The molecule has 4 nitrogen and oxygen atoms in total. The van der Waals surface area contributed by atoms with Crippen molar-refractivity contribution in [1.82, 2.24) is 5.32 Å². The smallest absolute Gasteiger partial charge is 0.306 e. The molecule has 0 aromatic heterocycles. The molecule has 1 aromatic rings. The number of carboxylic acids is 1. The molecule has 0 bridgehead atoms. The molecule has 24 heavy (non-hydrogen) atoms. The van der Waals surface area contributed by atoms with E-state index in [-0.39, 0.29) is 11.8 Å². The highest BCUT2D eigenvalue weighted by molar-refractivity contribution is 5.75. The number of unbranched alkanes of at least 4 members (excludes halogenated alkanes) is 1. The van der Waals surface area contributed by atoms with E-state index in [2.05, 4.69) is 36.5 Å². The lowest BCUT2D eigenvalue weighted by Crippen LogP contribution is -2.24. The van der Waals surface area contributed by atoms with Crippen LogP contribution in [0.2, 0.25) is 0 Å². The van der Waals surface area contributed by atoms with E-state index >= 15 is 0 Å². The molecular formula is C20H33NO3. The van der Waals surface area contributed by atoms with Crippen LogP contribution in [0.1, 0.15) is 64.0 Å². The first-order chi connectivity index (χ1) is 11.5. The molecule has 0 heterocycles. The van der Waals surface area contributed by atoms with Gasteiger partial charge in [-0.15, -0.1) is 0 Å². The van der Waals surface area contributed by atoms with Crippen LogP contribution in [0.5, 0.6) is 0 Å². The van der Waals surface area contributed by atoms with Crippen LogP contribution in [-0.2, 0) is 16.0 Å². The zero-order valence-corrected chi connectivity index (χ0v) is 15.6. The van der Waals surface area contributed by atoms with E-state index in [0.29, 0.717) is 19.4 Å². The molecule has 1 rings (SSSR count). The van der Waals surface area contributed by atoms with Crippen molar-refractivity contribution in [3.63, 3.8) is 0 Å². The van der Waals surface area contributed by atoms with Gasteiger partial charge in [-0.1, -0.05) is 57.0 Å². The second-order valence-electron chi connectivity index (χ2n) is 5.92. The third-order valence-electron chi connectivity index (χ3n) is 3.80. The normalized spacial score (nSPS) is 11.2. The summed E-state index contributed by atoms with van der Waals surface area (Å²) in [6.07, 6.45) is 4.64. The van der Waals surface area contributed by atoms with Gasteiger partial charge in [0.25, 0.3) is 0 Å². The van der Waals surface area contributed by atoms with Gasteiger partial charge >= 0.3 is 5.97 Å². The maximum atomic E-state index is 11.7. The Morgan fingerprint density at radius 1 is 1.08 bits per heavy atom. The van der Waals surface area contributed by atoms with Crippen molar-refractivity contribution in [3.8, 4) is 0 Å². The summed E-state index contributed by atoms with van der Waals surface area (Å²) in [4.78, 5) is 22.3. The van der Waals surface area contributed by atoms with Crippen molar-refractivity contribution in [2.24, 2.45) is 5.92 Å². The van der Waals surface area contributed by atoms with Crippen molar-refractivity contribution in [1.29, 1.82) is 0 Å². The molecule has 0 saturated carbocycles. The molecule has 0 spiro atoms. The maximum absolute atomic E-state index is 11.7. The standard InChI is InChI=1S/C18H27NO3.C2H6/c1-14-9-11-16(12-10-14)7-5-8-17(20)19-13-4-3-6-15(2)18(21)22;1-2/h9-12,15H,3-8,13H2,1-2H3,(H,19,20)(H,21,22);1-2H3. The Morgan fingerprint density at radius 2 is 1.71 bits per heavy atom. The number of amides is 1. The maximum Gasteiger partial charge on any atom is 0.306 e. The molecule has 0 aliphatic carbocycles. The zero-order valence-electron chi connectivity index (χ0n) is 15.6. The largest absolute Gasteiger partial charge is 0.481 e. The number of carbonyl (C=O) groups excluding carboxylic acids is 1. The molecule has 1 amide bonds. The highest BCUT2D eigenvalue weighted by Gasteiger charge is 2.09. The van der Waals surface area contributed by atoms with Gasteiger partial charge in [-0.05, 0) is 38.2 Å². The van der Waals surface area contributed by atoms with Crippen molar-refractivity contribution < 1.29 is 14.7 Å². The van der Waals surface area contributed by atoms with Crippen molar-refractivity contribution in [3.05, 3.63) is 35.4 Å². The molecule has 0 aliphatic rings. The molecular weight excluding hydrogens is 302 g/mol. The molecule has 4 heteroatoms. The fourth-order valence-corrected chi connectivity index (χ4v) is 2.22. The highest BCUT2D eigenvalue weighted by Crippen LogP contribution is 2.08. The Hall–Kier alpha value is -1.84. The third kappa shape index (κ3) is 10.8. The van der Waals surface area contributed by atoms with Gasteiger partial charge in [0, 0.05) is 13.0 Å². The highest BCUT2D eigenvalue weighted by atomic mass is 16.4. The van der Waals surface area contributed by atoms with Crippen molar-refractivity contribution in [2.75, 3.05) is 6.54 Å². The summed E-state index contributed by atoms with van der Waals surface area (Å²) in [6.45, 7) is 8.41. The molecule has 1 aromatic carbocycles. The van der Waals surface area contributed by atoms with Crippen LogP contribution in [0.3, 0.4) is 0 Å². The van der Waals surface area contributed by atoms with Gasteiger partial charge in [0.1, 0.15) is 0 Å². The summed E-state index contributed by atoms with van der Waals surface area (Å²) in [5, 5.41) is 11.7. The Balaban J connectivity index is 0.00000254. The van der Waals surface area contributed by atoms with Crippen LogP contribution in [0, 0.1) is 12.8 Å². The quantitative estimate of drug-likeness (QED) is 0.625. The van der Waals surface area contributed by atoms with Gasteiger partial charge in [0.05, 0.1) is 5.92 Å². The summed E-state index contributed by atoms with van der Waals surface area (Å²) in [6, 6.07) is 8.40. The van der Waals surface area contributed by atoms with Crippen LogP contribution in [-0.4, -0.2) is 23.5 Å². The SMILES string of the molecule is CC.Cc1ccc(CCCC(=O)NCCCCC(C)C(=O)O)cc1. The molecule has 0 radical (unpaired) electrons. The minimum Gasteiger partial charge on any atom is -0.481 e. The third-order valence-corrected chi connectivity index (χ3v) is 3.80. The lowest BCUT2D eigenvalue weighted by molar-refractivity contribution is -0.141. The number of benzene rings is 1. The second-order valence-corrected chi connectivity index (χ2v) is 5.92. The first kappa shape index (κ1) is 22.2. The number of aryl methyl sites for hydroxylation is 2. The summed E-state index contributed by atoms with van der Waals surface area (Å²) in [7, 11) is 0. The molecule has 136 valence electrons. The average molecular weight is 335 g/mol. The molecule has 0 aliphatic heterocycles. The van der Waals surface area contributed by atoms with E-state index < -0.39 is 5.97 Å². The Bertz CT molecular complexity index is 468. The van der Waals surface area contributed by atoms with E-state index in [1.54, 1.807) is 6.92 Å². The predicted molar refractivity (Wildman–Crippen MR) is 99.1 cm³/mol. The van der Waals surface area contributed by atoms with Crippen LogP contribution in [0.15, 0.2) is 24.3 Å². The summed E-state index contributed by atoms with van der Waals surface area (Å²) in [5.74, 6) is -0.969. The summed E-state index contributed by atoms with van der Waals surface area (Å²) < 4.78 is 0. The first-order valence-electron chi connectivity index (χ1n) is 9.04. The van der Waals surface area contributed by atoms with Crippen molar-refractivity contribution >= 4 is 11.9 Å². The molecule has 1 unspecified atom stereocenters. The minimum absolute atomic E-state index is 0.0818. The van der Waals surface area contributed by atoms with Gasteiger partial charge < -0.3 is 10.4 Å². The van der Waals surface area contributed by atoms with Crippen molar-refractivity contribution in [2.45, 2.75) is 66.2 Å². The summed E-state index contributed by atoms with van der Waals surface area (Å²) >= 11 is 0. The predicted octanol–water partition coefficient (Wildman–Crippen LogP) is 4.35. The number of aliphatic carboxylic acids is 1. The number of rotatable bonds is 10. The fourth-order valence-electron chi connectivity index (χ4n) is 2.22. The van der Waals surface area contributed by atoms with Gasteiger partial charge in [0.15, 0.2) is 0 Å². The average Bonchev–Trinajstić information content (AvgIpc) is 2.58. The number of nitrogens with one attached hydrogen (secondary N) is 1. The zero-order chi connectivity index (χ0) is 18.4. The van der Waals surface area contributed by atoms with Crippen LogP contribution in [0.25, 0.3) is 0 Å². The second kappa shape index (κ2) is 13.6. The Labute approximate surface area is 146 Å². The van der Waals surface area contributed by atoms with E-state index in [1.165, 1.54) is 11.1 Å². The van der Waals surface area contributed by atoms with E-state index in [0.717, 1.165) is 25.7 Å². The number of hydrogen-bond acceptors (Lipinski definition) is 2. The Kier molecular flexibility index (Phi) is 12.5. The lowest BCUT2D eigenvalue weighted by Gasteiger charge is -2.07. The molecule has 0 fully saturated rings.